The van der Waals surface area contributed by atoms with Crippen LogP contribution in [0.2, 0.25) is 0 Å². The average Bonchev–Trinajstić information content (AvgIpc) is 2.89. The van der Waals surface area contributed by atoms with Gasteiger partial charge in [0.2, 0.25) is 5.88 Å². The molecule has 0 radical (unpaired) electrons. The van der Waals surface area contributed by atoms with E-state index in [1.54, 1.807) is 7.11 Å². The summed E-state index contributed by atoms with van der Waals surface area (Å²) in [6.07, 6.45) is 8.51. The van der Waals surface area contributed by atoms with Crippen LogP contribution in [0.4, 0.5) is 0 Å². The van der Waals surface area contributed by atoms with E-state index in [0.717, 1.165) is 10.7 Å². The lowest BCUT2D eigenvalue weighted by Gasteiger charge is -2.32. The van der Waals surface area contributed by atoms with Crippen LogP contribution < -0.4 is 10.1 Å². The van der Waals surface area contributed by atoms with Crippen molar-refractivity contribution in [1.82, 2.24) is 10.3 Å². The first kappa shape index (κ1) is 13.7. The normalized spacial score (nSPS) is 22.9. The van der Waals surface area contributed by atoms with E-state index in [1.807, 2.05) is 30.1 Å². The lowest BCUT2D eigenvalue weighted by Crippen LogP contribution is -2.45. The van der Waals surface area contributed by atoms with Gasteiger partial charge in [-0.25, -0.2) is 4.98 Å². The quantitative estimate of drug-likeness (QED) is 0.930. The van der Waals surface area contributed by atoms with Gasteiger partial charge in [0.1, 0.15) is 0 Å². The van der Waals surface area contributed by atoms with E-state index in [1.165, 1.54) is 37.9 Å². The molecule has 0 amide bonds. The van der Waals surface area contributed by atoms with E-state index in [9.17, 15) is 0 Å². The van der Waals surface area contributed by atoms with Gasteiger partial charge in [-0.15, -0.1) is 0 Å². The molecular weight excluding hydrogens is 270 g/mol. The van der Waals surface area contributed by atoms with E-state index in [0.29, 0.717) is 18.0 Å². The zero-order valence-electron chi connectivity index (χ0n) is 11.9. The van der Waals surface area contributed by atoms with Crippen LogP contribution in [0, 0.1) is 0 Å². The van der Waals surface area contributed by atoms with E-state index in [4.69, 9.17) is 4.74 Å². The van der Waals surface area contributed by atoms with Crippen LogP contribution >= 0.6 is 11.8 Å². The second-order valence-corrected chi connectivity index (χ2v) is 6.55. The molecule has 1 saturated heterocycles. The Kier molecular flexibility index (Phi) is 4.15. The highest BCUT2D eigenvalue weighted by atomic mass is 32.2. The van der Waals surface area contributed by atoms with Gasteiger partial charge in [-0.3, -0.25) is 4.99 Å². The summed E-state index contributed by atoms with van der Waals surface area (Å²) in [5.41, 5.74) is 1.45. The topological polar surface area (TPSA) is 46.5 Å². The van der Waals surface area contributed by atoms with Crippen molar-refractivity contribution in [2.45, 2.75) is 44.2 Å². The first-order valence-electron chi connectivity index (χ1n) is 7.24. The summed E-state index contributed by atoms with van der Waals surface area (Å²) in [4.78, 5) is 8.89. The molecular formula is C15H21N3OS. The summed E-state index contributed by atoms with van der Waals surface area (Å²) < 4.78 is 5.06. The van der Waals surface area contributed by atoms with Crippen molar-refractivity contribution in [1.29, 1.82) is 0 Å². The fourth-order valence-electron chi connectivity index (χ4n) is 2.88. The van der Waals surface area contributed by atoms with Crippen molar-refractivity contribution in [3.8, 4) is 5.88 Å². The zero-order chi connectivity index (χ0) is 13.8. The number of amidine groups is 1. The third kappa shape index (κ3) is 3.08. The molecule has 20 heavy (non-hydrogen) atoms. The van der Waals surface area contributed by atoms with Crippen LogP contribution in [-0.4, -0.2) is 28.6 Å². The van der Waals surface area contributed by atoms with Crippen molar-refractivity contribution in [3.05, 3.63) is 23.9 Å². The molecule has 2 aliphatic rings. The number of ether oxygens (including phenoxy) is 1. The molecule has 1 aromatic rings. The van der Waals surface area contributed by atoms with Gasteiger partial charge in [-0.1, -0.05) is 37.1 Å². The maximum atomic E-state index is 5.06. The Bertz CT molecular complexity index is 480. The minimum Gasteiger partial charge on any atom is -0.481 e. The van der Waals surface area contributed by atoms with Crippen molar-refractivity contribution in [2.24, 2.45) is 4.99 Å². The van der Waals surface area contributed by atoms with Gasteiger partial charge in [-0.05, 0) is 18.4 Å². The third-order valence-electron chi connectivity index (χ3n) is 4.08. The standard InChI is InChI=1S/C15H21N3OS/c1-19-13-6-5-12(9-16-13)10-17-14-18-15(11-20-14)7-3-2-4-8-15/h5-6,9H,2-4,7-8,10-11H2,1H3,(H,17,18). The van der Waals surface area contributed by atoms with Crippen LogP contribution in [0.5, 0.6) is 5.88 Å². The van der Waals surface area contributed by atoms with Crippen LogP contribution in [0.25, 0.3) is 0 Å². The molecule has 2 fully saturated rings. The molecule has 1 aliphatic heterocycles. The van der Waals surface area contributed by atoms with Gasteiger partial charge in [0.05, 0.1) is 13.7 Å². The van der Waals surface area contributed by atoms with E-state index in [2.05, 4.69) is 15.3 Å². The molecule has 1 N–H and O–H groups in total. The maximum Gasteiger partial charge on any atom is 0.212 e. The van der Waals surface area contributed by atoms with E-state index >= 15 is 0 Å². The van der Waals surface area contributed by atoms with Crippen LogP contribution in [0.1, 0.15) is 37.7 Å². The van der Waals surface area contributed by atoms with Crippen LogP contribution in [-0.2, 0) is 6.54 Å². The van der Waals surface area contributed by atoms with Gasteiger partial charge < -0.3 is 10.1 Å². The van der Waals surface area contributed by atoms with Crippen molar-refractivity contribution >= 4 is 16.9 Å². The Hall–Kier alpha value is -1.23. The highest BCUT2D eigenvalue weighted by molar-refractivity contribution is 8.14. The fourth-order valence-corrected chi connectivity index (χ4v) is 4.10. The highest BCUT2D eigenvalue weighted by Crippen LogP contribution is 2.36. The molecule has 1 aliphatic carbocycles. The van der Waals surface area contributed by atoms with Crippen molar-refractivity contribution in [2.75, 3.05) is 12.9 Å². The molecule has 4 nitrogen and oxygen atoms in total. The number of hydrogen-bond donors (Lipinski definition) is 1. The van der Waals surface area contributed by atoms with Gasteiger partial charge in [-0.2, -0.15) is 0 Å². The van der Waals surface area contributed by atoms with E-state index < -0.39 is 0 Å². The summed E-state index contributed by atoms with van der Waals surface area (Å²) in [6.45, 7) is 0.683. The largest absolute Gasteiger partial charge is 0.481 e. The molecule has 1 saturated carbocycles. The second kappa shape index (κ2) is 6.04. The molecule has 0 aromatic carbocycles. The molecule has 2 heterocycles. The Labute approximate surface area is 124 Å². The Morgan fingerprint density at radius 2 is 2.20 bits per heavy atom. The number of rotatable bonds is 3. The number of thioether (sulfide) groups is 1. The predicted molar refractivity (Wildman–Crippen MR) is 83.3 cm³/mol. The molecule has 0 atom stereocenters. The third-order valence-corrected chi connectivity index (χ3v) is 5.28. The SMILES string of the molecule is COc1ccc(CN=C2NC3(CCCCC3)CS2)cn1. The number of nitrogens with one attached hydrogen (secondary N) is 1. The summed E-state index contributed by atoms with van der Waals surface area (Å²) in [5, 5.41) is 4.77. The molecule has 1 aromatic heterocycles. The maximum absolute atomic E-state index is 5.06. The first-order valence-corrected chi connectivity index (χ1v) is 8.23. The smallest absolute Gasteiger partial charge is 0.212 e. The summed E-state index contributed by atoms with van der Waals surface area (Å²) in [6, 6.07) is 3.90. The molecule has 1 spiro atoms. The van der Waals surface area contributed by atoms with Crippen LogP contribution in [0.3, 0.4) is 0 Å². The summed E-state index contributed by atoms with van der Waals surface area (Å²) in [7, 11) is 1.63. The second-order valence-electron chi connectivity index (χ2n) is 5.58. The van der Waals surface area contributed by atoms with E-state index in [-0.39, 0.29) is 0 Å². The van der Waals surface area contributed by atoms with Gasteiger partial charge >= 0.3 is 0 Å². The molecule has 3 rings (SSSR count). The fraction of sp³-hybridized carbons (Fsp3) is 0.600. The molecule has 5 heteroatoms. The summed E-state index contributed by atoms with van der Waals surface area (Å²) in [5.74, 6) is 1.82. The minimum absolute atomic E-state index is 0.333. The summed E-state index contributed by atoms with van der Waals surface area (Å²) >= 11 is 1.87. The Morgan fingerprint density at radius 1 is 1.35 bits per heavy atom. The zero-order valence-corrected chi connectivity index (χ0v) is 12.7. The number of aromatic nitrogens is 1. The molecule has 0 unspecified atom stereocenters. The predicted octanol–water partition coefficient (Wildman–Crippen LogP) is 2.99. The number of hydrogen-bond acceptors (Lipinski definition) is 4. The highest BCUT2D eigenvalue weighted by Gasteiger charge is 2.37. The monoisotopic (exact) mass is 291 g/mol. The number of nitrogens with zero attached hydrogens (tertiary/aromatic N) is 2. The Balaban J connectivity index is 1.59. The lowest BCUT2D eigenvalue weighted by molar-refractivity contribution is 0.303. The lowest BCUT2D eigenvalue weighted by atomic mass is 9.83. The Morgan fingerprint density at radius 3 is 2.90 bits per heavy atom. The number of aliphatic imine (C=N–C) groups is 1. The van der Waals surface area contributed by atoms with Gasteiger partial charge in [0.15, 0.2) is 5.17 Å². The van der Waals surface area contributed by atoms with Gasteiger partial charge in [0.25, 0.3) is 0 Å². The molecule has 108 valence electrons. The minimum atomic E-state index is 0.333. The average molecular weight is 291 g/mol. The first-order chi connectivity index (χ1) is 9.80. The van der Waals surface area contributed by atoms with Crippen molar-refractivity contribution in [3.63, 3.8) is 0 Å². The van der Waals surface area contributed by atoms with Gasteiger partial charge in [0, 0.05) is 23.6 Å². The molecule has 0 bridgehead atoms. The number of methoxy groups -OCH3 is 1. The number of pyridine rings is 1. The van der Waals surface area contributed by atoms with Crippen molar-refractivity contribution < 1.29 is 4.74 Å². The van der Waals surface area contributed by atoms with Crippen LogP contribution in [0.15, 0.2) is 23.3 Å².